The molecule has 0 aliphatic heterocycles. The molecule has 6 heteroatoms. The number of hydrogen-bond donors (Lipinski definition) is 0. The van der Waals surface area contributed by atoms with Gasteiger partial charge in [-0.15, -0.1) is 0 Å². The molecule has 0 radical (unpaired) electrons. The molecule has 122 valence electrons. The van der Waals surface area contributed by atoms with Crippen LogP contribution in [-0.4, -0.2) is 17.9 Å². The predicted octanol–water partition coefficient (Wildman–Crippen LogP) is 3.72. The minimum Gasteiger partial charge on any atom is -0.460 e. The maximum atomic E-state index is 13.0. The van der Waals surface area contributed by atoms with E-state index >= 15 is 0 Å². The number of ether oxygens (including phenoxy) is 1. The van der Waals surface area contributed by atoms with E-state index < -0.39 is 23.3 Å². The maximum Gasteiger partial charge on any atom is 0.416 e. The smallest absolute Gasteiger partial charge is 0.416 e. The number of benzene rings is 1. The van der Waals surface area contributed by atoms with Gasteiger partial charge in [0.25, 0.3) is 0 Å². The minimum absolute atomic E-state index is 0.0373. The molecule has 0 heterocycles. The van der Waals surface area contributed by atoms with Crippen LogP contribution in [0.15, 0.2) is 18.2 Å². The molecule has 0 saturated carbocycles. The van der Waals surface area contributed by atoms with Crippen molar-refractivity contribution in [2.24, 2.45) is 0 Å². The molecule has 0 N–H and O–H groups in total. The lowest BCUT2D eigenvalue weighted by Crippen LogP contribution is -2.24. The van der Waals surface area contributed by atoms with E-state index in [1.54, 1.807) is 20.8 Å². The zero-order valence-electron chi connectivity index (χ0n) is 12.8. The lowest BCUT2D eigenvalue weighted by Gasteiger charge is -2.20. The Balaban J connectivity index is 2.95. The summed E-state index contributed by atoms with van der Waals surface area (Å²) in [6.45, 7) is 5.15. The number of halogens is 3. The molecule has 3 nitrogen and oxygen atoms in total. The largest absolute Gasteiger partial charge is 0.460 e. The van der Waals surface area contributed by atoms with Crippen LogP contribution in [0.5, 0.6) is 0 Å². The molecule has 1 rings (SSSR count). The highest BCUT2D eigenvalue weighted by Crippen LogP contribution is 2.33. The van der Waals surface area contributed by atoms with Crippen molar-refractivity contribution in [3.8, 4) is 0 Å². The summed E-state index contributed by atoms with van der Waals surface area (Å²) in [5.41, 5.74) is -1.21. The van der Waals surface area contributed by atoms with E-state index in [1.807, 2.05) is 0 Å². The summed E-state index contributed by atoms with van der Waals surface area (Å²) in [7, 11) is 0. The van der Waals surface area contributed by atoms with Gasteiger partial charge in [-0.3, -0.25) is 4.79 Å². The number of esters is 1. The van der Waals surface area contributed by atoms with Crippen LogP contribution in [0.25, 0.3) is 0 Å². The predicted molar refractivity (Wildman–Crippen MR) is 75.4 cm³/mol. The third-order valence-electron chi connectivity index (χ3n) is 2.88. The second-order valence-electron chi connectivity index (χ2n) is 5.90. The van der Waals surface area contributed by atoms with E-state index in [0.717, 1.165) is 6.07 Å². The van der Waals surface area contributed by atoms with Crippen molar-refractivity contribution in [2.75, 3.05) is 0 Å². The van der Waals surface area contributed by atoms with Gasteiger partial charge in [-0.25, -0.2) is 0 Å². The highest BCUT2D eigenvalue weighted by Gasteiger charge is 2.33. The third kappa shape index (κ3) is 5.50. The monoisotopic (exact) mass is 316 g/mol. The van der Waals surface area contributed by atoms with Crippen molar-refractivity contribution in [1.82, 2.24) is 0 Å². The van der Waals surface area contributed by atoms with Gasteiger partial charge in [0.2, 0.25) is 0 Å². The molecule has 0 aromatic heterocycles. The molecule has 0 amide bonds. The summed E-state index contributed by atoms with van der Waals surface area (Å²) in [5, 5.41) is 0. The van der Waals surface area contributed by atoms with Gasteiger partial charge in [-0.1, -0.05) is 12.1 Å². The molecule has 1 aromatic carbocycles. The van der Waals surface area contributed by atoms with E-state index in [9.17, 15) is 22.8 Å². The van der Waals surface area contributed by atoms with Crippen molar-refractivity contribution in [3.05, 3.63) is 34.9 Å². The quantitative estimate of drug-likeness (QED) is 0.614. The fourth-order valence-electron chi connectivity index (χ4n) is 2.09. The van der Waals surface area contributed by atoms with E-state index in [4.69, 9.17) is 4.74 Å². The minimum atomic E-state index is -4.53. The SMILES string of the molecule is CC(C)(C)OC(=O)CCc1cccc(C(F)(F)F)c1CC=O. The van der Waals surface area contributed by atoms with Crippen molar-refractivity contribution < 1.29 is 27.5 Å². The maximum absolute atomic E-state index is 13.0. The Bertz CT molecular complexity index is 543. The summed E-state index contributed by atoms with van der Waals surface area (Å²) in [4.78, 5) is 22.3. The molecular formula is C16H19F3O3. The molecule has 0 atom stereocenters. The second kappa shape index (κ2) is 6.94. The Labute approximate surface area is 127 Å². The van der Waals surface area contributed by atoms with E-state index in [1.165, 1.54) is 12.1 Å². The lowest BCUT2D eigenvalue weighted by atomic mass is 9.95. The highest BCUT2D eigenvalue weighted by atomic mass is 19.4. The van der Waals surface area contributed by atoms with Crippen LogP contribution >= 0.6 is 0 Å². The first-order chi connectivity index (χ1) is 10.0. The number of aryl methyl sites for hydroxylation is 1. The average molecular weight is 316 g/mol. The summed E-state index contributed by atoms with van der Waals surface area (Å²) >= 11 is 0. The van der Waals surface area contributed by atoms with Crippen LogP contribution in [0.2, 0.25) is 0 Å². The van der Waals surface area contributed by atoms with E-state index in [-0.39, 0.29) is 24.8 Å². The van der Waals surface area contributed by atoms with Crippen molar-refractivity contribution >= 4 is 12.3 Å². The number of aldehydes is 1. The topological polar surface area (TPSA) is 43.4 Å². The Morgan fingerprint density at radius 2 is 1.86 bits per heavy atom. The average Bonchev–Trinajstić information content (AvgIpc) is 2.34. The fourth-order valence-corrected chi connectivity index (χ4v) is 2.09. The molecule has 0 unspecified atom stereocenters. The molecule has 22 heavy (non-hydrogen) atoms. The summed E-state index contributed by atoms with van der Waals surface area (Å²) in [5.74, 6) is -0.484. The van der Waals surface area contributed by atoms with Crippen LogP contribution in [0.3, 0.4) is 0 Å². The van der Waals surface area contributed by atoms with Crippen LogP contribution in [0, 0.1) is 0 Å². The first-order valence-electron chi connectivity index (χ1n) is 6.88. The van der Waals surface area contributed by atoms with E-state index in [0.29, 0.717) is 11.8 Å². The van der Waals surface area contributed by atoms with Gasteiger partial charge < -0.3 is 9.53 Å². The Hall–Kier alpha value is -1.85. The molecule has 0 spiro atoms. The van der Waals surface area contributed by atoms with Gasteiger partial charge in [0.15, 0.2) is 0 Å². The lowest BCUT2D eigenvalue weighted by molar-refractivity contribution is -0.154. The van der Waals surface area contributed by atoms with E-state index in [2.05, 4.69) is 0 Å². The molecule has 0 aliphatic rings. The van der Waals surface area contributed by atoms with Crippen molar-refractivity contribution in [1.29, 1.82) is 0 Å². The molecule has 0 bridgehead atoms. The highest BCUT2D eigenvalue weighted by molar-refractivity contribution is 5.70. The number of alkyl halides is 3. The van der Waals surface area contributed by atoms with Gasteiger partial charge in [0, 0.05) is 12.8 Å². The first-order valence-corrected chi connectivity index (χ1v) is 6.88. The van der Waals surface area contributed by atoms with Crippen molar-refractivity contribution in [3.63, 3.8) is 0 Å². The summed E-state index contributed by atoms with van der Waals surface area (Å²) < 4.78 is 44.0. The third-order valence-corrected chi connectivity index (χ3v) is 2.88. The van der Waals surface area contributed by atoms with Crippen molar-refractivity contribution in [2.45, 2.75) is 51.8 Å². The Kier molecular flexibility index (Phi) is 5.74. The summed E-state index contributed by atoms with van der Waals surface area (Å²) in [6, 6.07) is 3.72. The number of hydrogen-bond acceptors (Lipinski definition) is 3. The van der Waals surface area contributed by atoms with Crippen LogP contribution < -0.4 is 0 Å². The molecule has 0 saturated heterocycles. The molecular weight excluding hydrogens is 297 g/mol. The van der Waals surface area contributed by atoms with Crippen LogP contribution in [0.1, 0.15) is 43.9 Å². The fraction of sp³-hybridized carbons (Fsp3) is 0.500. The van der Waals surface area contributed by atoms with Gasteiger partial charge in [-0.2, -0.15) is 13.2 Å². The normalized spacial score (nSPS) is 12.1. The Morgan fingerprint density at radius 1 is 1.23 bits per heavy atom. The summed E-state index contributed by atoms with van der Waals surface area (Å²) in [6.07, 6.45) is -4.37. The number of carbonyl (C=O) groups is 2. The van der Waals surface area contributed by atoms with Gasteiger partial charge in [0.1, 0.15) is 11.9 Å². The van der Waals surface area contributed by atoms with Gasteiger partial charge >= 0.3 is 12.1 Å². The molecule has 1 aromatic rings. The van der Waals surface area contributed by atoms with Gasteiger partial charge in [-0.05, 0) is 44.4 Å². The number of carbonyl (C=O) groups excluding carboxylic acids is 2. The second-order valence-corrected chi connectivity index (χ2v) is 5.90. The molecule has 0 fully saturated rings. The van der Waals surface area contributed by atoms with Gasteiger partial charge in [0.05, 0.1) is 5.56 Å². The number of rotatable bonds is 5. The standard InChI is InChI=1S/C16H19F3O3/c1-15(2,3)22-14(21)8-7-11-5-4-6-13(16(17,18)19)12(11)9-10-20/h4-6,10H,7-9H2,1-3H3. The zero-order valence-corrected chi connectivity index (χ0v) is 12.8. The van der Waals surface area contributed by atoms with Crippen LogP contribution in [0.4, 0.5) is 13.2 Å². The Morgan fingerprint density at radius 3 is 2.36 bits per heavy atom. The zero-order chi connectivity index (χ0) is 17.0. The first kappa shape index (κ1) is 18.2. The van der Waals surface area contributed by atoms with Crippen LogP contribution in [-0.2, 0) is 33.3 Å². The molecule has 0 aliphatic carbocycles.